The van der Waals surface area contributed by atoms with Crippen molar-refractivity contribution >= 4 is 28.5 Å². The molecular formula is C14H15NO3S. The minimum absolute atomic E-state index is 0.0162. The zero-order chi connectivity index (χ0) is 14.3. The Morgan fingerprint density at radius 2 is 2.16 bits per heavy atom. The molecule has 0 aliphatic rings. The van der Waals surface area contributed by atoms with Crippen LogP contribution >= 0.6 is 11.8 Å². The molecule has 2 N–H and O–H groups in total. The van der Waals surface area contributed by atoms with E-state index in [1.165, 1.54) is 6.92 Å². The number of hydrogen-bond acceptors (Lipinski definition) is 5. The van der Waals surface area contributed by atoms with E-state index >= 15 is 0 Å². The summed E-state index contributed by atoms with van der Waals surface area (Å²) in [6.07, 6.45) is 0. The van der Waals surface area contributed by atoms with Crippen LogP contribution in [0.4, 0.5) is 5.69 Å². The van der Waals surface area contributed by atoms with Crippen LogP contribution in [-0.4, -0.2) is 23.4 Å². The van der Waals surface area contributed by atoms with Gasteiger partial charge in [-0.05, 0) is 25.1 Å². The van der Waals surface area contributed by atoms with Crippen LogP contribution in [0.15, 0.2) is 18.2 Å². The van der Waals surface area contributed by atoms with Crippen LogP contribution in [0.1, 0.15) is 29.8 Å². The van der Waals surface area contributed by atoms with Crippen molar-refractivity contribution in [3.8, 4) is 11.8 Å². The Hall–Kier alpha value is -1.93. The number of hydrogen-bond donors (Lipinski definition) is 1. The van der Waals surface area contributed by atoms with Gasteiger partial charge in [0.05, 0.1) is 17.9 Å². The number of anilines is 1. The van der Waals surface area contributed by atoms with Crippen molar-refractivity contribution in [1.29, 1.82) is 0 Å². The summed E-state index contributed by atoms with van der Waals surface area (Å²) in [6.45, 7) is 3.55. The number of nitrogen functional groups attached to an aromatic ring is 1. The van der Waals surface area contributed by atoms with Gasteiger partial charge in [0.1, 0.15) is 0 Å². The number of esters is 1. The summed E-state index contributed by atoms with van der Waals surface area (Å²) >= 11 is 1.13. The van der Waals surface area contributed by atoms with Crippen LogP contribution in [0.25, 0.3) is 0 Å². The number of carbonyl (C=O) groups is 2. The number of benzene rings is 1. The zero-order valence-corrected chi connectivity index (χ0v) is 11.7. The second-order valence-corrected chi connectivity index (χ2v) is 4.76. The van der Waals surface area contributed by atoms with E-state index in [1.807, 2.05) is 0 Å². The van der Waals surface area contributed by atoms with Gasteiger partial charge in [0.25, 0.3) is 0 Å². The first-order valence-electron chi connectivity index (χ1n) is 5.73. The predicted octanol–water partition coefficient (Wildman–Crippen LogP) is 2.08. The molecule has 0 aromatic heterocycles. The molecule has 1 aromatic carbocycles. The molecule has 0 aliphatic heterocycles. The van der Waals surface area contributed by atoms with E-state index in [-0.39, 0.29) is 5.12 Å². The van der Waals surface area contributed by atoms with Crippen LogP contribution in [0, 0.1) is 11.8 Å². The van der Waals surface area contributed by atoms with Gasteiger partial charge in [0.15, 0.2) is 5.12 Å². The van der Waals surface area contributed by atoms with E-state index in [0.29, 0.717) is 29.2 Å². The van der Waals surface area contributed by atoms with Crippen molar-refractivity contribution < 1.29 is 14.3 Å². The first-order valence-corrected chi connectivity index (χ1v) is 6.72. The van der Waals surface area contributed by atoms with Crippen molar-refractivity contribution in [2.45, 2.75) is 13.8 Å². The van der Waals surface area contributed by atoms with E-state index in [0.717, 1.165) is 11.8 Å². The van der Waals surface area contributed by atoms with Crippen molar-refractivity contribution in [1.82, 2.24) is 0 Å². The lowest BCUT2D eigenvalue weighted by atomic mass is 10.1. The molecule has 4 nitrogen and oxygen atoms in total. The fourth-order valence-corrected chi connectivity index (χ4v) is 1.62. The maximum atomic E-state index is 11.6. The fourth-order valence-electron chi connectivity index (χ4n) is 1.27. The summed E-state index contributed by atoms with van der Waals surface area (Å²) in [5.74, 6) is 5.68. The van der Waals surface area contributed by atoms with Gasteiger partial charge in [-0.25, -0.2) is 4.79 Å². The topological polar surface area (TPSA) is 69.4 Å². The first kappa shape index (κ1) is 15.1. The number of thioether (sulfide) groups is 1. The molecule has 0 saturated heterocycles. The second-order valence-electron chi connectivity index (χ2n) is 3.60. The summed E-state index contributed by atoms with van der Waals surface area (Å²) in [7, 11) is 0. The smallest absolute Gasteiger partial charge is 0.338 e. The second kappa shape index (κ2) is 7.49. The number of nitrogens with two attached hydrogens (primary N) is 1. The van der Waals surface area contributed by atoms with Gasteiger partial charge in [-0.2, -0.15) is 0 Å². The van der Waals surface area contributed by atoms with E-state index in [1.54, 1.807) is 25.1 Å². The third-order valence-corrected chi connectivity index (χ3v) is 2.83. The van der Waals surface area contributed by atoms with Crippen molar-refractivity contribution in [2.24, 2.45) is 0 Å². The van der Waals surface area contributed by atoms with Crippen LogP contribution in [0.3, 0.4) is 0 Å². The summed E-state index contributed by atoms with van der Waals surface area (Å²) in [6, 6.07) is 4.82. The minimum atomic E-state index is -0.399. The molecule has 100 valence electrons. The molecule has 0 amide bonds. The van der Waals surface area contributed by atoms with Crippen molar-refractivity contribution in [3.63, 3.8) is 0 Å². The summed E-state index contributed by atoms with van der Waals surface area (Å²) in [5.41, 5.74) is 7.25. The maximum absolute atomic E-state index is 11.6. The molecule has 0 radical (unpaired) electrons. The maximum Gasteiger partial charge on any atom is 0.338 e. The van der Waals surface area contributed by atoms with Gasteiger partial charge in [0.2, 0.25) is 0 Å². The summed E-state index contributed by atoms with van der Waals surface area (Å²) in [5, 5.41) is 0.0162. The first-order chi connectivity index (χ1) is 9.04. The Kier molecular flexibility index (Phi) is 5.97. The highest BCUT2D eigenvalue weighted by atomic mass is 32.2. The molecule has 1 rings (SSSR count). The molecule has 19 heavy (non-hydrogen) atoms. The van der Waals surface area contributed by atoms with E-state index < -0.39 is 5.97 Å². The monoisotopic (exact) mass is 277 g/mol. The Bertz CT molecular complexity index is 543. The molecule has 0 heterocycles. The van der Waals surface area contributed by atoms with Gasteiger partial charge in [-0.1, -0.05) is 23.6 Å². The van der Waals surface area contributed by atoms with E-state index in [2.05, 4.69) is 11.8 Å². The number of carbonyl (C=O) groups excluding carboxylic acids is 2. The molecule has 5 heteroatoms. The van der Waals surface area contributed by atoms with Crippen LogP contribution < -0.4 is 5.73 Å². The lowest BCUT2D eigenvalue weighted by Gasteiger charge is -2.04. The predicted molar refractivity (Wildman–Crippen MR) is 76.8 cm³/mol. The van der Waals surface area contributed by atoms with Gasteiger partial charge in [0, 0.05) is 18.2 Å². The minimum Gasteiger partial charge on any atom is -0.462 e. The van der Waals surface area contributed by atoms with E-state index in [4.69, 9.17) is 10.5 Å². The quantitative estimate of drug-likeness (QED) is 0.520. The third kappa shape index (κ3) is 5.06. The third-order valence-electron chi connectivity index (χ3n) is 2.14. The van der Waals surface area contributed by atoms with E-state index in [9.17, 15) is 9.59 Å². The molecule has 0 unspecified atom stereocenters. The molecule has 0 fully saturated rings. The lowest BCUT2D eigenvalue weighted by Crippen LogP contribution is -2.05. The normalized spacial score (nSPS) is 9.37. The van der Waals surface area contributed by atoms with Crippen molar-refractivity contribution in [2.75, 3.05) is 18.1 Å². The van der Waals surface area contributed by atoms with Gasteiger partial charge < -0.3 is 10.5 Å². The molecule has 0 atom stereocenters. The summed E-state index contributed by atoms with van der Waals surface area (Å²) in [4.78, 5) is 22.3. The largest absolute Gasteiger partial charge is 0.462 e. The Morgan fingerprint density at radius 3 is 2.79 bits per heavy atom. The van der Waals surface area contributed by atoms with Crippen LogP contribution in [-0.2, 0) is 9.53 Å². The van der Waals surface area contributed by atoms with Gasteiger partial charge >= 0.3 is 5.97 Å². The number of rotatable bonds is 3. The Labute approximate surface area is 116 Å². The molecule has 0 spiro atoms. The SMILES string of the molecule is CCOC(=O)c1ccc(N)c(C#CCSC(C)=O)c1. The molecule has 0 saturated carbocycles. The van der Waals surface area contributed by atoms with Crippen LogP contribution in [0.2, 0.25) is 0 Å². The molecule has 1 aromatic rings. The van der Waals surface area contributed by atoms with Gasteiger partial charge in [-0.15, -0.1) is 0 Å². The standard InChI is InChI=1S/C14H15NO3S/c1-3-18-14(17)12-6-7-13(15)11(9-12)5-4-8-19-10(2)16/h6-7,9H,3,8,15H2,1-2H3. The van der Waals surface area contributed by atoms with Crippen molar-refractivity contribution in [3.05, 3.63) is 29.3 Å². The highest BCUT2D eigenvalue weighted by molar-refractivity contribution is 8.13. The zero-order valence-electron chi connectivity index (χ0n) is 10.9. The highest BCUT2D eigenvalue weighted by Gasteiger charge is 2.07. The highest BCUT2D eigenvalue weighted by Crippen LogP contribution is 2.14. The Balaban J connectivity index is 2.85. The lowest BCUT2D eigenvalue weighted by molar-refractivity contribution is -0.109. The van der Waals surface area contributed by atoms with Crippen LogP contribution in [0.5, 0.6) is 0 Å². The average molecular weight is 277 g/mol. The summed E-state index contributed by atoms with van der Waals surface area (Å²) < 4.78 is 4.90. The van der Waals surface area contributed by atoms with Gasteiger partial charge in [-0.3, -0.25) is 4.79 Å². The average Bonchev–Trinajstić information content (AvgIpc) is 2.36. The Morgan fingerprint density at radius 1 is 1.42 bits per heavy atom. The fraction of sp³-hybridized carbons (Fsp3) is 0.286. The molecular weight excluding hydrogens is 262 g/mol. The molecule has 0 bridgehead atoms. The molecule has 0 aliphatic carbocycles. The number of ether oxygens (including phenoxy) is 1.